The Labute approximate surface area is 149 Å². The van der Waals surface area contributed by atoms with Gasteiger partial charge in [0.25, 0.3) is 0 Å². The maximum absolute atomic E-state index is 12.9. The molecule has 130 valence electrons. The zero-order valence-corrected chi connectivity index (χ0v) is 14.7. The van der Waals surface area contributed by atoms with E-state index < -0.39 is 11.7 Å². The van der Waals surface area contributed by atoms with Gasteiger partial charge in [0, 0.05) is 30.5 Å². The van der Waals surface area contributed by atoms with Gasteiger partial charge in [0.15, 0.2) is 0 Å². The van der Waals surface area contributed by atoms with E-state index in [1.54, 1.807) is 19.1 Å². The summed E-state index contributed by atoms with van der Waals surface area (Å²) < 4.78 is 7.74. The molecule has 3 aromatic rings. The van der Waals surface area contributed by atoms with Crippen LogP contribution in [0.2, 0.25) is 0 Å². The van der Waals surface area contributed by atoms with E-state index in [1.165, 1.54) is 6.07 Å². The normalized spacial score (nSPS) is 19.0. The summed E-state index contributed by atoms with van der Waals surface area (Å²) >= 11 is 5.87. The predicted molar refractivity (Wildman–Crippen MR) is 97.8 cm³/mol. The fourth-order valence-electron chi connectivity index (χ4n) is 3.60. The smallest absolute Gasteiger partial charge is 0.200 e. The minimum absolute atomic E-state index is 0.0252. The third-order valence-electron chi connectivity index (χ3n) is 5.04. The zero-order chi connectivity index (χ0) is 17.9. The van der Waals surface area contributed by atoms with Crippen LogP contribution < -0.4 is 10.2 Å². The van der Waals surface area contributed by atoms with Crippen LogP contribution in [0.4, 0.5) is 0 Å². The molecule has 0 bridgehead atoms. The molecule has 5 nitrogen and oxygen atoms in total. The van der Waals surface area contributed by atoms with Gasteiger partial charge in [0.05, 0.1) is 22.3 Å². The van der Waals surface area contributed by atoms with Gasteiger partial charge in [-0.05, 0) is 19.1 Å². The molecule has 0 saturated heterocycles. The summed E-state index contributed by atoms with van der Waals surface area (Å²) in [6.45, 7) is 1.62. The highest BCUT2D eigenvalue weighted by Gasteiger charge is 2.39. The van der Waals surface area contributed by atoms with Crippen molar-refractivity contribution in [2.75, 3.05) is 5.88 Å². The third kappa shape index (κ3) is 2.23. The SMILES string of the molecule is Cn1c2ccccc2c(=O)c2c(O)cc3c(c21)C[C@@H]([C@@](C)(O)CCl)O3. The van der Waals surface area contributed by atoms with Crippen molar-refractivity contribution < 1.29 is 14.9 Å². The van der Waals surface area contributed by atoms with Crippen LogP contribution in [0.5, 0.6) is 11.5 Å². The van der Waals surface area contributed by atoms with E-state index in [2.05, 4.69) is 0 Å². The Balaban J connectivity index is 2.07. The number of fused-ring (bicyclic) bond motifs is 4. The van der Waals surface area contributed by atoms with Crippen molar-refractivity contribution in [1.29, 1.82) is 0 Å². The van der Waals surface area contributed by atoms with Crippen LogP contribution >= 0.6 is 11.6 Å². The molecule has 4 rings (SSSR count). The van der Waals surface area contributed by atoms with Crippen LogP contribution in [-0.4, -0.2) is 32.4 Å². The number of aryl methyl sites for hydroxylation is 1. The standard InChI is InChI=1S/C19H18ClNO4/c1-19(24,9-20)15-7-11-14(25-15)8-13(22)16-17(11)21(2)12-6-4-3-5-10(12)18(16)23/h3-6,8,15,22,24H,7,9H2,1-2H3/t15-,19-/m0/s1. The first-order valence-electron chi connectivity index (χ1n) is 8.06. The third-order valence-corrected chi connectivity index (χ3v) is 5.58. The van der Waals surface area contributed by atoms with E-state index in [0.717, 1.165) is 11.1 Å². The average molecular weight is 360 g/mol. The molecule has 2 heterocycles. The lowest BCUT2D eigenvalue weighted by Crippen LogP contribution is -2.44. The van der Waals surface area contributed by atoms with Crippen LogP contribution in [0, 0.1) is 0 Å². The minimum Gasteiger partial charge on any atom is -0.507 e. The second-order valence-electron chi connectivity index (χ2n) is 6.80. The van der Waals surface area contributed by atoms with Crippen LogP contribution in [0.3, 0.4) is 0 Å². The number of hydrogen-bond acceptors (Lipinski definition) is 4. The monoisotopic (exact) mass is 359 g/mol. The number of aromatic hydroxyl groups is 1. The molecule has 0 unspecified atom stereocenters. The summed E-state index contributed by atoms with van der Waals surface area (Å²) in [5.74, 6) is 0.384. The molecule has 6 heteroatoms. The van der Waals surface area contributed by atoms with Crippen molar-refractivity contribution >= 4 is 33.4 Å². The van der Waals surface area contributed by atoms with Gasteiger partial charge in [-0.3, -0.25) is 4.79 Å². The summed E-state index contributed by atoms with van der Waals surface area (Å²) in [7, 11) is 1.86. The van der Waals surface area contributed by atoms with Crippen molar-refractivity contribution in [3.63, 3.8) is 0 Å². The molecule has 0 radical (unpaired) electrons. The number of aliphatic hydroxyl groups is 1. The molecule has 0 fully saturated rings. The first-order chi connectivity index (χ1) is 11.8. The number of halogens is 1. The highest BCUT2D eigenvalue weighted by molar-refractivity contribution is 6.18. The van der Waals surface area contributed by atoms with Gasteiger partial charge in [0.2, 0.25) is 5.43 Å². The summed E-state index contributed by atoms with van der Waals surface area (Å²) in [6, 6.07) is 8.75. The quantitative estimate of drug-likeness (QED) is 0.545. The molecule has 2 N–H and O–H groups in total. The van der Waals surface area contributed by atoms with Gasteiger partial charge < -0.3 is 19.5 Å². The highest BCUT2D eigenvalue weighted by atomic mass is 35.5. The molecule has 2 aromatic carbocycles. The van der Waals surface area contributed by atoms with Crippen molar-refractivity contribution in [3.05, 3.63) is 46.1 Å². The molecule has 0 amide bonds. The topological polar surface area (TPSA) is 71.7 Å². The summed E-state index contributed by atoms with van der Waals surface area (Å²) in [4.78, 5) is 12.9. The van der Waals surface area contributed by atoms with Crippen LogP contribution in [0.25, 0.3) is 21.8 Å². The summed E-state index contributed by atoms with van der Waals surface area (Å²) in [6.07, 6.45) is -0.121. The van der Waals surface area contributed by atoms with Gasteiger partial charge in [-0.2, -0.15) is 0 Å². The number of ether oxygens (including phenoxy) is 1. The number of aromatic nitrogens is 1. The summed E-state index contributed by atoms with van der Waals surface area (Å²) in [5.41, 5.74) is 0.787. The van der Waals surface area contributed by atoms with E-state index in [0.29, 0.717) is 23.1 Å². The van der Waals surface area contributed by atoms with Gasteiger partial charge in [0.1, 0.15) is 23.2 Å². The largest absolute Gasteiger partial charge is 0.507 e. The van der Waals surface area contributed by atoms with Gasteiger partial charge in [-0.1, -0.05) is 12.1 Å². The maximum Gasteiger partial charge on any atom is 0.200 e. The molecule has 2 atom stereocenters. The number of rotatable bonds is 2. The van der Waals surface area contributed by atoms with Gasteiger partial charge in [-0.15, -0.1) is 11.6 Å². The van der Waals surface area contributed by atoms with Crippen LogP contribution in [0.15, 0.2) is 35.1 Å². The lowest BCUT2D eigenvalue weighted by molar-refractivity contribution is -0.0201. The highest BCUT2D eigenvalue weighted by Crippen LogP contribution is 2.41. The second-order valence-corrected chi connectivity index (χ2v) is 7.07. The van der Waals surface area contributed by atoms with E-state index in [1.807, 2.05) is 23.7 Å². The van der Waals surface area contributed by atoms with Crippen LogP contribution in [-0.2, 0) is 13.5 Å². The van der Waals surface area contributed by atoms with E-state index in [-0.39, 0.29) is 22.4 Å². The predicted octanol–water partition coefficient (Wildman–Crippen LogP) is 2.69. The van der Waals surface area contributed by atoms with Gasteiger partial charge in [-0.25, -0.2) is 0 Å². The number of alkyl halides is 1. The van der Waals surface area contributed by atoms with Crippen molar-refractivity contribution in [2.45, 2.75) is 25.0 Å². The Morgan fingerprint density at radius 3 is 2.84 bits per heavy atom. The zero-order valence-electron chi connectivity index (χ0n) is 13.9. The van der Waals surface area contributed by atoms with Crippen molar-refractivity contribution in [1.82, 2.24) is 4.57 Å². The lowest BCUT2D eigenvalue weighted by atomic mass is 9.95. The molecular weight excluding hydrogens is 342 g/mol. The minimum atomic E-state index is -1.21. The number of phenolic OH excluding ortho intramolecular Hbond substituents is 1. The fraction of sp³-hybridized carbons (Fsp3) is 0.316. The second kappa shape index (κ2) is 5.38. The number of phenols is 1. The molecular formula is C19H18ClNO4. The Morgan fingerprint density at radius 2 is 2.12 bits per heavy atom. The molecule has 0 aliphatic carbocycles. The van der Waals surface area contributed by atoms with E-state index >= 15 is 0 Å². The average Bonchev–Trinajstić information content (AvgIpc) is 3.03. The van der Waals surface area contributed by atoms with Crippen LogP contribution in [0.1, 0.15) is 12.5 Å². The van der Waals surface area contributed by atoms with Crippen molar-refractivity contribution in [3.8, 4) is 11.5 Å². The Bertz CT molecular complexity index is 1070. The molecule has 1 aliphatic rings. The molecule has 1 aromatic heterocycles. The fourth-order valence-corrected chi connectivity index (χ4v) is 3.77. The Kier molecular flexibility index (Phi) is 3.49. The number of hydrogen-bond donors (Lipinski definition) is 2. The number of pyridine rings is 1. The Morgan fingerprint density at radius 1 is 1.40 bits per heavy atom. The summed E-state index contributed by atoms with van der Waals surface area (Å²) in [5, 5.41) is 21.7. The number of nitrogens with zero attached hydrogens (tertiary/aromatic N) is 1. The molecule has 0 saturated carbocycles. The number of benzene rings is 2. The first kappa shape index (κ1) is 16.2. The lowest BCUT2D eigenvalue weighted by Gasteiger charge is -2.26. The number of para-hydroxylation sites is 1. The van der Waals surface area contributed by atoms with Crippen molar-refractivity contribution in [2.24, 2.45) is 7.05 Å². The Hall–Kier alpha value is -2.24. The van der Waals surface area contributed by atoms with E-state index in [4.69, 9.17) is 16.3 Å². The first-order valence-corrected chi connectivity index (χ1v) is 8.60. The van der Waals surface area contributed by atoms with Gasteiger partial charge >= 0.3 is 0 Å². The molecule has 25 heavy (non-hydrogen) atoms. The molecule has 0 spiro atoms. The van der Waals surface area contributed by atoms with E-state index in [9.17, 15) is 15.0 Å². The molecule has 1 aliphatic heterocycles. The maximum atomic E-state index is 12.9.